The number of aryl methyl sites for hydroxylation is 1. The van der Waals surface area contributed by atoms with Gasteiger partial charge in [0.05, 0.1) is 11.4 Å². The number of aromatic amines is 1. The zero-order valence-corrected chi connectivity index (χ0v) is 19.7. The Morgan fingerprint density at radius 1 is 1.03 bits per heavy atom. The summed E-state index contributed by atoms with van der Waals surface area (Å²) in [4.78, 5) is 29.7. The van der Waals surface area contributed by atoms with E-state index in [1.807, 2.05) is 9.80 Å². The van der Waals surface area contributed by atoms with Gasteiger partial charge in [-0.05, 0) is 61.3 Å². The molecule has 0 radical (unpaired) electrons. The number of H-pyrrole nitrogens is 1. The predicted octanol–water partition coefficient (Wildman–Crippen LogP) is 3.22. The fourth-order valence-electron chi connectivity index (χ4n) is 5.56. The number of hydrogen-bond acceptors (Lipinski definition) is 5. The molecule has 36 heavy (non-hydrogen) atoms. The third-order valence-electron chi connectivity index (χ3n) is 7.51. The number of carbonyl (C=O) groups excluding carboxylic acids is 2. The molecule has 5 rings (SSSR count). The summed E-state index contributed by atoms with van der Waals surface area (Å²) in [6.45, 7) is 2.71. The van der Waals surface area contributed by atoms with E-state index in [1.54, 1.807) is 6.08 Å². The molecule has 8 nitrogen and oxygen atoms in total. The molecule has 1 aromatic carbocycles. The second-order valence-electron chi connectivity index (χ2n) is 9.79. The summed E-state index contributed by atoms with van der Waals surface area (Å²) in [6, 6.07) is 5.38. The average molecular weight is 504 g/mol. The highest BCUT2D eigenvalue weighted by molar-refractivity contribution is 5.91. The van der Waals surface area contributed by atoms with Gasteiger partial charge in [-0.2, -0.15) is 0 Å². The molecule has 0 spiro atoms. The van der Waals surface area contributed by atoms with Crippen LogP contribution in [-0.2, 0) is 22.4 Å². The van der Waals surface area contributed by atoms with Crippen LogP contribution in [0.3, 0.4) is 0 Å². The van der Waals surface area contributed by atoms with Crippen molar-refractivity contribution in [3.63, 3.8) is 0 Å². The number of fused-ring (bicyclic) bond motifs is 2. The van der Waals surface area contributed by atoms with Crippen LogP contribution in [-0.4, -0.2) is 69.6 Å². The maximum absolute atomic E-state index is 13.2. The largest absolute Gasteiger partial charge is 0.573 e. The van der Waals surface area contributed by atoms with Crippen LogP contribution >= 0.6 is 0 Å². The highest BCUT2D eigenvalue weighted by atomic mass is 19.4. The lowest BCUT2D eigenvalue weighted by Gasteiger charge is -2.26. The summed E-state index contributed by atoms with van der Waals surface area (Å²) < 4.78 is 40.7. The third kappa shape index (κ3) is 5.55. The second-order valence-corrected chi connectivity index (χ2v) is 9.79. The Balaban J connectivity index is 1.11. The van der Waals surface area contributed by atoms with Gasteiger partial charge in [-0.3, -0.25) is 14.7 Å². The van der Waals surface area contributed by atoms with Crippen LogP contribution in [0.15, 0.2) is 30.3 Å². The number of rotatable bonds is 4. The van der Waals surface area contributed by atoms with Crippen LogP contribution in [0.25, 0.3) is 6.08 Å². The molecule has 11 heteroatoms. The van der Waals surface area contributed by atoms with Crippen LogP contribution in [0.1, 0.15) is 36.2 Å². The summed E-state index contributed by atoms with van der Waals surface area (Å²) in [7, 11) is 0. The molecule has 2 saturated heterocycles. The molecular weight excluding hydrogens is 475 g/mol. The molecule has 3 heterocycles. The first-order valence-electron chi connectivity index (χ1n) is 12.3. The Hall–Kier alpha value is -3.37. The van der Waals surface area contributed by atoms with Crippen molar-refractivity contribution in [2.24, 2.45) is 17.8 Å². The van der Waals surface area contributed by atoms with E-state index in [0.29, 0.717) is 36.9 Å². The van der Waals surface area contributed by atoms with Gasteiger partial charge >= 0.3 is 6.36 Å². The van der Waals surface area contributed by atoms with Gasteiger partial charge in [0, 0.05) is 44.6 Å². The van der Waals surface area contributed by atoms with Gasteiger partial charge in [-0.1, -0.05) is 17.3 Å². The highest BCUT2D eigenvalue weighted by Crippen LogP contribution is 2.34. The van der Waals surface area contributed by atoms with Crippen molar-refractivity contribution in [3.8, 4) is 5.75 Å². The Kier molecular flexibility index (Phi) is 6.72. The topological polar surface area (TPSA) is 91.4 Å². The van der Waals surface area contributed by atoms with Crippen LogP contribution < -0.4 is 4.74 Å². The molecule has 0 bridgehead atoms. The minimum atomic E-state index is -4.74. The number of amides is 2. The number of halogens is 3. The molecule has 192 valence electrons. The molecular formula is C25H28F3N5O3. The van der Waals surface area contributed by atoms with E-state index >= 15 is 0 Å². The fourth-order valence-corrected chi connectivity index (χ4v) is 5.56. The first kappa shape index (κ1) is 24.3. The number of likely N-dealkylation sites (tertiary alicyclic amines) is 2. The third-order valence-corrected chi connectivity index (χ3v) is 7.51. The lowest BCUT2D eigenvalue weighted by Crippen LogP contribution is -2.38. The molecule has 3 atom stereocenters. The summed E-state index contributed by atoms with van der Waals surface area (Å²) in [5, 5.41) is 10.9. The molecule has 1 N–H and O–H groups in total. The lowest BCUT2D eigenvalue weighted by atomic mass is 9.89. The van der Waals surface area contributed by atoms with Crippen molar-refractivity contribution >= 4 is 17.9 Å². The number of nitrogens with one attached hydrogen (secondary N) is 1. The second kappa shape index (κ2) is 9.94. The van der Waals surface area contributed by atoms with Gasteiger partial charge in [0.1, 0.15) is 5.75 Å². The number of carbonyl (C=O) groups is 2. The summed E-state index contributed by atoms with van der Waals surface area (Å²) in [6.07, 6.45) is 2.26. The van der Waals surface area contributed by atoms with Crippen molar-refractivity contribution in [3.05, 3.63) is 47.3 Å². The van der Waals surface area contributed by atoms with E-state index in [2.05, 4.69) is 20.1 Å². The number of nitrogens with zero attached hydrogens (tertiary/aromatic N) is 4. The van der Waals surface area contributed by atoms with E-state index in [0.717, 1.165) is 50.2 Å². The predicted molar refractivity (Wildman–Crippen MR) is 123 cm³/mol. The Morgan fingerprint density at radius 2 is 1.72 bits per heavy atom. The van der Waals surface area contributed by atoms with Gasteiger partial charge in [0.25, 0.3) is 0 Å². The van der Waals surface area contributed by atoms with Crippen LogP contribution in [0.4, 0.5) is 13.2 Å². The summed E-state index contributed by atoms with van der Waals surface area (Å²) in [5.74, 6) is 0.501. The SMILES string of the molecule is O=C(/C=C/c1ccc(OC(F)(F)F)cc1)N1CC[C@@H]2CN(C(=O)C3CCc4[nH]nnc4C3)C[C@@H]2CC1. The monoisotopic (exact) mass is 503 g/mol. The molecule has 2 aliphatic heterocycles. The molecule has 2 fully saturated rings. The molecule has 1 unspecified atom stereocenters. The average Bonchev–Trinajstić information content (AvgIpc) is 3.44. The quantitative estimate of drug-likeness (QED) is 0.647. The van der Waals surface area contributed by atoms with Gasteiger partial charge in [0.2, 0.25) is 11.8 Å². The fraction of sp³-hybridized carbons (Fsp3) is 0.520. The molecule has 1 aromatic heterocycles. The Morgan fingerprint density at radius 3 is 2.39 bits per heavy atom. The lowest BCUT2D eigenvalue weighted by molar-refractivity contribution is -0.274. The van der Waals surface area contributed by atoms with E-state index in [1.165, 1.54) is 30.3 Å². The van der Waals surface area contributed by atoms with Gasteiger partial charge in [-0.15, -0.1) is 18.3 Å². The molecule has 0 saturated carbocycles. The zero-order chi connectivity index (χ0) is 25.3. The van der Waals surface area contributed by atoms with Crippen LogP contribution in [0.2, 0.25) is 0 Å². The molecule has 1 aliphatic carbocycles. The highest BCUT2D eigenvalue weighted by Gasteiger charge is 2.40. The number of benzene rings is 1. The van der Waals surface area contributed by atoms with Gasteiger partial charge in [0.15, 0.2) is 0 Å². The molecule has 3 aliphatic rings. The minimum Gasteiger partial charge on any atom is -0.406 e. The van der Waals surface area contributed by atoms with Gasteiger partial charge < -0.3 is 14.5 Å². The number of aromatic nitrogens is 3. The van der Waals surface area contributed by atoms with Crippen molar-refractivity contribution in [1.29, 1.82) is 0 Å². The van der Waals surface area contributed by atoms with Gasteiger partial charge in [-0.25, -0.2) is 0 Å². The number of alkyl halides is 3. The van der Waals surface area contributed by atoms with Crippen LogP contribution in [0, 0.1) is 17.8 Å². The minimum absolute atomic E-state index is 0.0396. The standard InChI is InChI=1S/C25H28F3N5O3/c26-25(27,28)36-20-5-1-16(2-6-20)3-8-23(34)32-11-9-18-14-33(15-19(18)10-12-32)24(35)17-4-7-21-22(13-17)30-31-29-21/h1-3,5-6,8,17-19H,4,7,9-15H2,(H,29,30,31)/b8-3+/t17?,18-,19+. The number of hydrogen-bond donors (Lipinski definition) is 1. The van der Waals surface area contributed by atoms with Crippen LogP contribution in [0.5, 0.6) is 5.75 Å². The van der Waals surface area contributed by atoms with E-state index in [9.17, 15) is 22.8 Å². The van der Waals surface area contributed by atoms with E-state index < -0.39 is 6.36 Å². The number of ether oxygens (including phenoxy) is 1. The van der Waals surface area contributed by atoms with Crippen molar-refractivity contribution in [2.75, 3.05) is 26.2 Å². The maximum atomic E-state index is 13.2. The van der Waals surface area contributed by atoms with Crippen molar-refractivity contribution in [1.82, 2.24) is 25.2 Å². The molecule has 2 amide bonds. The Bertz CT molecular complexity index is 1110. The van der Waals surface area contributed by atoms with E-state index in [4.69, 9.17) is 0 Å². The van der Waals surface area contributed by atoms with E-state index in [-0.39, 0.29) is 23.5 Å². The first-order valence-corrected chi connectivity index (χ1v) is 12.3. The zero-order valence-electron chi connectivity index (χ0n) is 19.7. The summed E-state index contributed by atoms with van der Waals surface area (Å²) >= 11 is 0. The smallest absolute Gasteiger partial charge is 0.406 e. The maximum Gasteiger partial charge on any atom is 0.573 e. The normalized spacial score (nSPS) is 24.4. The summed E-state index contributed by atoms with van der Waals surface area (Å²) in [5.41, 5.74) is 2.55. The van der Waals surface area contributed by atoms with Crippen molar-refractivity contribution < 1.29 is 27.5 Å². The van der Waals surface area contributed by atoms with Crippen molar-refractivity contribution in [2.45, 2.75) is 38.5 Å². The Labute approximate surface area is 206 Å². The first-order chi connectivity index (χ1) is 17.2. The molecule has 2 aromatic rings.